The summed E-state index contributed by atoms with van der Waals surface area (Å²) in [6.45, 7) is 0.188. The highest BCUT2D eigenvalue weighted by Gasteiger charge is 2.37. The van der Waals surface area contributed by atoms with Crippen LogP contribution in [0.1, 0.15) is 24.0 Å². The third-order valence-electron chi connectivity index (χ3n) is 3.48. The SMILES string of the molecule is COCCS(=O)(=O)N(Cc1ccc(C(F)(F)F)cc1)C1CC1. The fraction of sp³-hybridized carbons (Fsp3) is 0.571. The highest BCUT2D eigenvalue weighted by molar-refractivity contribution is 7.89. The number of ether oxygens (including phenoxy) is 1. The van der Waals surface area contributed by atoms with E-state index >= 15 is 0 Å². The molecule has 2 rings (SSSR count). The molecule has 0 aromatic heterocycles. The van der Waals surface area contributed by atoms with Crippen molar-refractivity contribution < 1.29 is 26.3 Å². The zero-order valence-electron chi connectivity index (χ0n) is 12.1. The number of benzene rings is 1. The second kappa shape index (κ2) is 6.55. The van der Waals surface area contributed by atoms with Crippen LogP contribution in [-0.2, 0) is 27.5 Å². The van der Waals surface area contributed by atoms with Crippen LogP contribution in [-0.4, -0.2) is 38.2 Å². The van der Waals surface area contributed by atoms with Crippen LogP contribution in [0, 0.1) is 0 Å². The monoisotopic (exact) mass is 337 g/mol. The molecule has 0 heterocycles. The highest BCUT2D eigenvalue weighted by Crippen LogP contribution is 2.32. The summed E-state index contributed by atoms with van der Waals surface area (Å²) in [5, 5.41) is 0. The van der Waals surface area contributed by atoms with Crippen molar-refractivity contribution in [3.05, 3.63) is 35.4 Å². The summed E-state index contributed by atoms with van der Waals surface area (Å²) in [6.07, 6.45) is -2.82. The maximum atomic E-state index is 12.5. The predicted molar refractivity (Wildman–Crippen MR) is 75.7 cm³/mol. The van der Waals surface area contributed by atoms with Crippen LogP contribution in [0.5, 0.6) is 0 Å². The lowest BCUT2D eigenvalue weighted by atomic mass is 10.1. The fourth-order valence-electron chi connectivity index (χ4n) is 2.10. The molecule has 0 bridgehead atoms. The summed E-state index contributed by atoms with van der Waals surface area (Å²) in [7, 11) is -2.05. The van der Waals surface area contributed by atoms with Crippen molar-refractivity contribution in [2.45, 2.75) is 31.6 Å². The third kappa shape index (κ3) is 4.44. The maximum absolute atomic E-state index is 12.5. The van der Waals surface area contributed by atoms with Gasteiger partial charge in [-0.05, 0) is 30.5 Å². The molecule has 22 heavy (non-hydrogen) atoms. The van der Waals surface area contributed by atoms with Gasteiger partial charge in [0.2, 0.25) is 10.0 Å². The van der Waals surface area contributed by atoms with Gasteiger partial charge in [0.15, 0.2) is 0 Å². The predicted octanol–water partition coefficient (Wildman–Crippen LogP) is 2.65. The standard InChI is InChI=1S/C14H18F3NO3S/c1-21-8-9-22(19,20)18(13-6-7-13)10-11-2-4-12(5-3-11)14(15,16)17/h2-5,13H,6-10H2,1H3. The molecule has 1 aliphatic rings. The zero-order chi connectivity index (χ0) is 16.4. The van der Waals surface area contributed by atoms with Crippen LogP contribution < -0.4 is 0 Å². The van der Waals surface area contributed by atoms with Crippen LogP contribution in [0.15, 0.2) is 24.3 Å². The molecule has 1 aromatic rings. The Morgan fingerprint density at radius 3 is 2.27 bits per heavy atom. The molecular formula is C14H18F3NO3S. The number of hydrogen-bond acceptors (Lipinski definition) is 3. The first-order valence-electron chi connectivity index (χ1n) is 6.88. The van der Waals surface area contributed by atoms with Crippen molar-refractivity contribution in [1.82, 2.24) is 4.31 Å². The molecule has 1 aromatic carbocycles. The van der Waals surface area contributed by atoms with E-state index in [1.165, 1.54) is 23.5 Å². The van der Waals surface area contributed by atoms with Gasteiger partial charge < -0.3 is 4.74 Å². The van der Waals surface area contributed by atoms with Crippen LogP contribution >= 0.6 is 0 Å². The summed E-state index contributed by atoms with van der Waals surface area (Å²) in [5.41, 5.74) is -0.197. The molecule has 0 atom stereocenters. The third-order valence-corrected chi connectivity index (χ3v) is 5.30. The van der Waals surface area contributed by atoms with Gasteiger partial charge in [0.1, 0.15) is 0 Å². The second-order valence-corrected chi connectivity index (χ2v) is 7.32. The van der Waals surface area contributed by atoms with Crippen molar-refractivity contribution in [3.63, 3.8) is 0 Å². The molecule has 0 N–H and O–H groups in total. The molecule has 1 fully saturated rings. The summed E-state index contributed by atoms with van der Waals surface area (Å²) in [6, 6.07) is 4.54. The van der Waals surface area contributed by atoms with E-state index in [2.05, 4.69) is 0 Å². The first-order chi connectivity index (χ1) is 10.2. The number of sulfonamides is 1. The minimum absolute atomic E-state index is 0.0517. The lowest BCUT2D eigenvalue weighted by Gasteiger charge is -2.22. The molecule has 0 radical (unpaired) electrons. The highest BCUT2D eigenvalue weighted by atomic mass is 32.2. The Bertz CT molecular complexity index is 595. The normalized spacial score (nSPS) is 16.2. The quantitative estimate of drug-likeness (QED) is 0.768. The fourth-order valence-corrected chi connectivity index (χ4v) is 3.72. The van der Waals surface area contributed by atoms with Gasteiger partial charge in [-0.15, -0.1) is 0 Å². The molecule has 1 aliphatic carbocycles. The van der Waals surface area contributed by atoms with Crippen molar-refractivity contribution in [3.8, 4) is 0 Å². The average molecular weight is 337 g/mol. The van der Waals surface area contributed by atoms with Crippen LogP contribution in [0.25, 0.3) is 0 Å². The molecule has 0 unspecified atom stereocenters. The number of halogens is 3. The minimum atomic E-state index is -4.39. The smallest absolute Gasteiger partial charge is 0.384 e. The van der Waals surface area contributed by atoms with Crippen LogP contribution in [0.3, 0.4) is 0 Å². The number of rotatable bonds is 7. The Kier molecular flexibility index (Phi) is 5.14. The van der Waals surface area contributed by atoms with E-state index in [9.17, 15) is 21.6 Å². The minimum Gasteiger partial charge on any atom is -0.384 e. The van der Waals surface area contributed by atoms with Crippen molar-refractivity contribution >= 4 is 10.0 Å². The lowest BCUT2D eigenvalue weighted by molar-refractivity contribution is -0.137. The van der Waals surface area contributed by atoms with Crippen molar-refractivity contribution in [2.75, 3.05) is 19.5 Å². The Balaban J connectivity index is 2.12. The van der Waals surface area contributed by atoms with Crippen molar-refractivity contribution in [1.29, 1.82) is 0 Å². The molecule has 8 heteroatoms. The van der Waals surface area contributed by atoms with E-state index < -0.39 is 21.8 Å². The number of methoxy groups -OCH3 is 1. The van der Waals surface area contributed by atoms with Gasteiger partial charge in [-0.1, -0.05) is 12.1 Å². The summed E-state index contributed by atoms with van der Waals surface area (Å²) in [5.74, 6) is -0.124. The second-order valence-electron chi connectivity index (χ2n) is 5.28. The van der Waals surface area contributed by atoms with Crippen LogP contribution in [0.2, 0.25) is 0 Å². The van der Waals surface area contributed by atoms with Gasteiger partial charge in [-0.3, -0.25) is 0 Å². The first kappa shape index (κ1) is 17.2. The molecule has 0 amide bonds. The molecule has 0 aliphatic heterocycles. The van der Waals surface area contributed by atoms with E-state index in [0.717, 1.165) is 25.0 Å². The number of nitrogens with zero attached hydrogens (tertiary/aromatic N) is 1. The molecule has 4 nitrogen and oxygen atoms in total. The van der Waals surface area contributed by atoms with Gasteiger partial charge >= 0.3 is 6.18 Å². The van der Waals surface area contributed by atoms with Gasteiger partial charge in [-0.2, -0.15) is 17.5 Å². The Hall–Kier alpha value is -1.12. The molecule has 0 saturated heterocycles. The molecule has 1 saturated carbocycles. The Morgan fingerprint density at radius 2 is 1.82 bits per heavy atom. The molecule has 124 valence electrons. The van der Waals surface area contributed by atoms with Gasteiger partial charge in [0, 0.05) is 19.7 Å². The summed E-state index contributed by atoms with van der Waals surface area (Å²) < 4.78 is 68.3. The van der Waals surface area contributed by atoms with E-state index in [4.69, 9.17) is 4.74 Å². The summed E-state index contributed by atoms with van der Waals surface area (Å²) >= 11 is 0. The van der Waals surface area contributed by atoms with Gasteiger partial charge in [0.25, 0.3) is 0 Å². The summed E-state index contributed by atoms with van der Waals surface area (Å²) in [4.78, 5) is 0. The number of hydrogen-bond donors (Lipinski definition) is 0. The number of alkyl halides is 3. The maximum Gasteiger partial charge on any atom is 0.416 e. The van der Waals surface area contributed by atoms with E-state index in [-0.39, 0.29) is 24.9 Å². The topological polar surface area (TPSA) is 46.6 Å². The van der Waals surface area contributed by atoms with Crippen LogP contribution in [0.4, 0.5) is 13.2 Å². The van der Waals surface area contributed by atoms with Gasteiger partial charge in [-0.25, -0.2) is 8.42 Å². The molecular weight excluding hydrogens is 319 g/mol. The largest absolute Gasteiger partial charge is 0.416 e. The zero-order valence-corrected chi connectivity index (χ0v) is 13.0. The molecule has 0 spiro atoms. The Labute approximate surface area is 127 Å². The van der Waals surface area contributed by atoms with Crippen molar-refractivity contribution in [2.24, 2.45) is 0 Å². The average Bonchev–Trinajstić information content (AvgIpc) is 3.26. The first-order valence-corrected chi connectivity index (χ1v) is 8.49. The lowest BCUT2D eigenvalue weighted by Crippen LogP contribution is -2.35. The van der Waals surface area contributed by atoms with E-state index in [1.54, 1.807) is 0 Å². The van der Waals surface area contributed by atoms with Gasteiger partial charge in [0.05, 0.1) is 17.9 Å². The van der Waals surface area contributed by atoms with E-state index in [1.807, 2.05) is 0 Å². The van der Waals surface area contributed by atoms with E-state index in [0.29, 0.717) is 5.56 Å². The Morgan fingerprint density at radius 1 is 1.23 bits per heavy atom.